The second-order valence-corrected chi connectivity index (χ2v) is 4.77. The van der Waals surface area contributed by atoms with Crippen molar-refractivity contribution in [1.29, 1.82) is 0 Å². The third-order valence-electron chi connectivity index (χ3n) is 3.46. The molecule has 1 fully saturated rings. The molecular weight excluding hydrogens is 295 g/mol. The summed E-state index contributed by atoms with van der Waals surface area (Å²) in [6, 6.07) is 1.28. The van der Waals surface area contributed by atoms with E-state index in [-0.39, 0.29) is 25.1 Å². The van der Waals surface area contributed by atoms with Crippen molar-refractivity contribution < 1.29 is 17.9 Å². The average Bonchev–Trinajstić information content (AvgIpc) is 2.56. The first-order valence-corrected chi connectivity index (χ1v) is 6.17. The summed E-state index contributed by atoms with van der Waals surface area (Å²) in [6.07, 6.45) is -3.46. The van der Waals surface area contributed by atoms with Crippen molar-refractivity contribution in [3.8, 4) is 0 Å². The summed E-state index contributed by atoms with van der Waals surface area (Å²) in [7, 11) is 0. The van der Waals surface area contributed by atoms with E-state index in [9.17, 15) is 13.2 Å². The number of alkyl halides is 3. The van der Waals surface area contributed by atoms with Crippen molar-refractivity contribution in [1.82, 2.24) is 10.3 Å². The van der Waals surface area contributed by atoms with Crippen molar-refractivity contribution in [2.24, 2.45) is 0 Å². The Morgan fingerprint density at radius 3 is 2.95 bits per heavy atom. The Kier molecular flexibility index (Phi) is 4.41. The van der Waals surface area contributed by atoms with E-state index in [0.717, 1.165) is 31.9 Å². The number of hydrogen-bond donors (Lipinski definition) is 1. The predicted octanol–water partition coefficient (Wildman–Crippen LogP) is 1.83. The van der Waals surface area contributed by atoms with E-state index in [1.54, 1.807) is 0 Å². The molecule has 20 heavy (non-hydrogen) atoms. The van der Waals surface area contributed by atoms with Gasteiger partial charge in [0, 0.05) is 31.4 Å². The molecule has 0 radical (unpaired) electrons. The Morgan fingerprint density at radius 1 is 1.40 bits per heavy atom. The number of nitrogens with zero attached hydrogens (tertiary/aromatic N) is 2. The lowest BCUT2D eigenvalue weighted by Gasteiger charge is -2.35. The van der Waals surface area contributed by atoms with Crippen molar-refractivity contribution in [3.63, 3.8) is 0 Å². The van der Waals surface area contributed by atoms with Gasteiger partial charge in [-0.05, 0) is 6.07 Å². The van der Waals surface area contributed by atoms with E-state index in [4.69, 9.17) is 4.74 Å². The second kappa shape index (κ2) is 5.75. The highest BCUT2D eigenvalue weighted by atomic mass is 35.5. The fraction of sp³-hybridized carbons (Fsp3) is 0.583. The first-order valence-electron chi connectivity index (χ1n) is 6.17. The molecule has 0 amide bonds. The van der Waals surface area contributed by atoms with E-state index >= 15 is 0 Å². The van der Waals surface area contributed by atoms with Crippen LogP contribution in [0.4, 0.5) is 19.0 Å². The van der Waals surface area contributed by atoms with Crippen LogP contribution in [0.5, 0.6) is 0 Å². The van der Waals surface area contributed by atoms with Gasteiger partial charge in [-0.2, -0.15) is 13.2 Å². The minimum Gasteiger partial charge on any atom is -0.374 e. The molecule has 112 valence electrons. The van der Waals surface area contributed by atoms with Gasteiger partial charge in [-0.25, -0.2) is 4.98 Å². The number of ether oxygens (including phenoxy) is 1. The summed E-state index contributed by atoms with van der Waals surface area (Å²) in [6.45, 7) is 2.99. The molecular formula is C12H15ClF3N3O. The van der Waals surface area contributed by atoms with Crippen LogP contribution in [0.15, 0.2) is 12.3 Å². The van der Waals surface area contributed by atoms with Crippen molar-refractivity contribution >= 4 is 18.2 Å². The first-order chi connectivity index (χ1) is 9.05. The molecule has 0 spiro atoms. The maximum Gasteiger partial charge on any atom is 0.417 e. The summed E-state index contributed by atoms with van der Waals surface area (Å²) in [4.78, 5) is 6.07. The molecule has 3 heterocycles. The lowest BCUT2D eigenvalue weighted by molar-refractivity contribution is -0.137. The topological polar surface area (TPSA) is 37.4 Å². The normalized spacial score (nSPS) is 22.4. The summed E-state index contributed by atoms with van der Waals surface area (Å²) < 4.78 is 43.5. The van der Waals surface area contributed by atoms with Crippen LogP contribution in [0.3, 0.4) is 0 Å². The molecule has 0 aromatic carbocycles. The van der Waals surface area contributed by atoms with Gasteiger partial charge in [0.15, 0.2) is 0 Å². The van der Waals surface area contributed by atoms with E-state index in [0.29, 0.717) is 18.0 Å². The fourth-order valence-corrected chi connectivity index (χ4v) is 2.52. The van der Waals surface area contributed by atoms with Crippen molar-refractivity contribution in [2.45, 2.75) is 18.8 Å². The number of anilines is 1. The predicted molar refractivity (Wildman–Crippen MR) is 70.1 cm³/mol. The number of piperazine rings is 1. The standard InChI is InChI=1S/C12H14F3N3O.ClH/c13-12(14,15)9-3-8-6-19-7-10-5-16-1-2-18(10)11(8)17-4-9;/h3-4,10,16H,1-2,5-7H2;1H/t10-;/m0./s1. The third kappa shape index (κ3) is 2.84. The number of fused-ring (bicyclic) bond motifs is 3. The molecule has 0 unspecified atom stereocenters. The second-order valence-electron chi connectivity index (χ2n) is 4.77. The van der Waals surface area contributed by atoms with E-state index in [1.165, 1.54) is 0 Å². The number of hydrogen-bond acceptors (Lipinski definition) is 4. The molecule has 2 aliphatic rings. The van der Waals surface area contributed by atoms with Gasteiger partial charge in [0.25, 0.3) is 0 Å². The van der Waals surface area contributed by atoms with Crippen LogP contribution < -0.4 is 10.2 Å². The monoisotopic (exact) mass is 309 g/mol. The number of nitrogens with one attached hydrogen (secondary N) is 1. The Hall–Kier alpha value is -1.05. The molecule has 1 atom stereocenters. The van der Waals surface area contributed by atoms with Crippen LogP contribution in [0.2, 0.25) is 0 Å². The first kappa shape index (κ1) is 15.3. The average molecular weight is 310 g/mol. The van der Waals surface area contributed by atoms with Crippen LogP contribution in [0, 0.1) is 0 Å². The van der Waals surface area contributed by atoms with E-state index in [2.05, 4.69) is 10.3 Å². The number of rotatable bonds is 0. The zero-order valence-electron chi connectivity index (χ0n) is 10.6. The van der Waals surface area contributed by atoms with Gasteiger partial charge in [0.1, 0.15) is 5.82 Å². The maximum absolute atomic E-state index is 12.7. The number of pyridine rings is 1. The zero-order chi connectivity index (χ0) is 13.5. The Labute approximate surface area is 120 Å². The van der Waals surface area contributed by atoms with Crippen LogP contribution in [0.25, 0.3) is 0 Å². The molecule has 1 aromatic rings. The number of halogens is 4. The lowest BCUT2D eigenvalue weighted by Crippen LogP contribution is -2.53. The molecule has 1 saturated heterocycles. The van der Waals surface area contributed by atoms with Crippen LogP contribution in [-0.2, 0) is 17.5 Å². The van der Waals surface area contributed by atoms with Crippen molar-refractivity contribution in [3.05, 3.63) is 23.4 Å². The molecule has 0 bridgehead atoms. The highest BCUT2D eigenvalue weighted by Crippen LogP contribution is 2.33. The molecule has 1 aromatic heterocycles. The highest BCUT2D eigenvalue weighted by Gasteiger charge is 2.34. The fourth-order valence-electron chi connectivity index (χ4n) is 2.52. The van der Waals surface area contributed by atoms with E-state index in [1.807, 2.05) is 4.90 Å². The van der Waals surface area contributed by atoms with Gasteiger partial charge in [-0.1, -0.05) is 0 Å². The van der Waals surface area contributed by atoms with Gasteiger partial charge in [0.2, 0.25) is 0 Å². The lowest BCUT2D eigenvalue weighted by atomic mass is 10.1. The van der Waals surface area contributed by atoms with Gasteiger partial charge >= 0.3 is 6.18 Å². The van der Waals surface area contributed by atoms with Crippen LogP contribution in [0.1, 0.15) is 11.1 Å². The SMILES string of the molecule is Cl.FC(F)(F)c1cnc2c(c1)COC[C@@H]1CNCCN21. The molecule has 2 aliphatic heterocycles. The number of aromatic nitrogens is 1. The van der Waals surface area contributed by atoms with Crippen molar-refractivity contribution in [2.75, 3.05) is 31.1 Å². The minimum atomic E-state index is -4.36. The largest absolute Gasteiger partial charge is 0.417 e. The highest BCUT2D eigenvalue weighted by molar-refractivity contribution is 5.85. The Morgan fingerprint density at radius 2 is 2.20 bits per heavy atom. The van der Waals surface area contributed by atoms with Gasteiger partial charge < -0.3 is 15.0 Å². The summed E-state index contributed by atoms with van der Waals surface area (Å²) >= 11 is 0. The quantitative estimate of drug-likeness (QED) is 0.793. The van der Waals surface area contributed by atoms with E-state index < -0.39 is 11.7 Å². The van der Waals surface area contributed by atoms with Gasteiger partial charge in [-0.3, -0.25) is 0 Å². The zero-order valence-corrected chi connectivity index (χ0v) is 11.4. The molecule has 0 saturated carbocycles. The molecule has 1 N–H and O–H groups in total. The van der Waals surface area contributed by atoms with Gasteiger partial charge in [-0.15, -0.1) is 12.4 Å². The maximum atomic E-state index is 12.7. The molecule has 8 heteroatoms. The minimum absolute atomic E-state index is 0. The summed E-state index contributed by atoms with van der Waals surface area (Å²) in [5.74, 6) is 0.622. The third-order valence-corrected chi connectivity index (χ3v) is 3.46. The van der Waals surface area contributed by atoms with Crippen LogP contribution >= 0.6 is 12.4 Å². The van der Waals surface area contributed by atoms with Crippen LogP contribution in [-0.4, -0.2) is 37.3 Å². The summed E-state index contributed by atoms with van der Waals surface area (Å²) in [5.41, 5.74) is -0.206. The summed E-state index contributed by atoms with van der Waals surface area (Å²) in [5, 5.41) is 3.25. The molecule has 4 nitrogen and oxygen atoms in total. The Bertz CT molecular complexity index is 484. The Balaban J connectivity index is 0.00000147. The smallest absolute Gasteiger partial charge is 0.374 e. The molecule has 0 aliphatic carbocycles. The van der Waals surface area contributed by atoms with Gasteiger partial charge in [0.05, 0.1) is 24.8 Å². The molecule has 3 rings (SSSR count).